The van der Waals surface area contributed by atoms with Crippen molar-refractivity contribution in [2.45, 2.75) is 52.6 Å². The maximum Gasteiger partial charge on any atom is 0.407 e. The fourth-order valence-electron chi connectivity index (χ4n) is 1.23. The van der Waals surface area contributed by atoms with E-state index >= 15 is 0 Å². The highest BCUT2D eigenvalue weighted by Gasteiger charge is 2.23. The van der Waals surface area contributed by atoms with Gasteiger partial charge in [-0.3, -0.25) is 0 Å². The van der Waals surface area contributed by atoms with Crippen molar-refractivity contribution in [1.29, 1.82) is 0 Å². The predicted molar refractivity (Wildman–Crippen MR) is 76.9 cm³/mol. The third kappa shape index (κ3) is 9.91. The molecule has 0 fully saturated rings. The third-order valence-electron chi connectivity index (χ3n) is 2.04. The van der Waals surface area contributed by atoms with Gasteiger partial charge in [-0.25, -0.2) is 4.79 Å². The molecule has 8 heteroatoms. The van der Waals surface area contributed by atoms with E-state index in [1.165, 1.54) is 7.11 Å². The molecule has 124 valence electrons. The average Bonchev–Trinajstić information content (AvgIpc) is 2.35. The van der Waals surface area contributed by atoms with Crippen LogP contribution in [0, 0.1) is 0 Å². The van der Waals surface area contributed by atoms with E-state index < -0.39 is 24.1 Å². The second-order valence-electron chi connectivity index (χ2n) is 5.20. The van der Waals surface area contributed by atoms with E-state index in [2.05, 4.69) is 10.5 Å². The molecule has 8 nitrogen and oxygen atoms in total. The van der Waals surface area contributed by atoms with Crippen LogP contribution >= 0.6 is 0 Å². The molecule has 1 amide bonds. The van der Waals surface area contributed by atoms with E-state index in [9.17, 15) is 9.90 Å². The summed E-state index contributed by atoms with van der Waals surface area (Å²) in [4.78, 5) is 16.5. The summed E-state index contributed by atoms with van der Waals surface area (Å²) in [6.45, 7) is 9.02. The molecule has 0 aromatic carbocycles. The molecule has 0 radical (unpaired) electrons. The lowest BCUT2D eigenvalue weighted by Crippen LogP contribution is -2.42. The number of oxime groups is 1. The molecule has 0 heterocycles. The fraction of sp³-hybridized carbons (Fsp3) is 0.846. The Kier molecular flexibility index (Phi) is 8.72. The molecule has 21 heavy (non-hydrogen) atoms. The van der Waals surface area contributed by atoms with Crippen LogP contribution < -0.4 is 5.32 Å². The van der Waals surface area contributed by atoms with Crippen LogP contribution in [0.5, 0.6) is 0 Å². The number of nitrogens with one attached hydrogen (secondary N) is 1. The molecule has 0 aromatic heterocycles. The molecule has 0 aliphatic carbocycles. The van der Waals surface area contributed by atoms with Crippen molar-refractivity contribution in [2.24, 2.45) is 5.16 Å². The Labute approximate surface area is 125 Å². The van der Waals surface area contributed by atoms with Gasteiger partial charge in [-0.05, 0) is 32.9 Å². The maximum atomic E-state index is 11.5. The summed E-state index contributed by atoms with van der Waals surface area (Å²) >= 11 is 0. The Morgan fingerprint density at radius 2 is 2.00 bits per heavy atom. The first kappa shape index (κ1) is 19.5. The minimum atomic E-state index is -1.11. The van der Waals surface area contributed by atoms with Gasteiger partial charge in [0, 0.05) is 14.0 Å². The van der Waals surface area contributed by atoms with E-state index in [0.29, 0.717) is 12.5 Å². The van der Waals surface area contributed by atoms with E-state index in [1.807, 2.05) is 6.92 Å². The number of ether oxygens (including phenoxy) is 3. The van der Waals surface area contributed by atoms with Gasteiger partial charge >= 0.3 is 6.09 Å². The van der Waals surface area contributed by atoms with Gasteiger partial charge in [0.2, 0.25) is 5.90 Å². The molecule has 0 spiro atoms. The summed E-state index contributed by atoms with van der Waals surface area (Å²) in [6, 6.07) is 0. The van der Waals surface area contributed by atoms with Gasteiger partial charge in [-0.2, -0.15) is 0 Å². The number of alkyl carbamates (subject to hydrolysis) is 1. The molecule has 2 N–H and O–H groups in total. The summed E-state index contributed by atoms with van der Waals surface area (Å²) < 4.78 is 15.1. The van der Waals surface area contributed by atoms with Gasteiger partial charge in [0.25, 0.3) is 6.29 Å². The molecule has 2 atom stereocenters. The molecular weight excluding hydrogens is 280 g/mol. The van der Waals surface area contributed by atoms with Crippen LogP contribution in [-0.4, -0.2) is 55.4 Å². The molecule has 2 unspecified atom stereocenters. The van der Waals surface area contributed by atoms with E-state index in [0.717, 1.165) is 0 Å². The topological polar surface area (TPSA) is 98.6 Å². The monoisotopic (exact) mass is 306 g/mol. The normalized spacial score (nSPS) is 15.1. The second-order valence-corrected chi connectivity index (χ2v) is 5.20. The van der Waals surface area contributed by atoms with Crippen LogP contribution in [0.2, 0.25) is 0 Å². The minimum absolute atomic E-state index is 0.101. The quantitative estimate of drug-likeness (QED) is 0.318. The van der Waals surface area contributed by atoms with Gasteiger partial charge in [0.05, 0.1) is 13.2 Å². The Hall–Kier alpha value is -1.54. The Bertz CT molecular complexity index is 340. The van der Waals surface area contributed by atoms with Crippen molar-refractivity contribution in [3.8, 4) is 0 Å². The molecule has 0 aliphatic rings. The lowest BCUT2D eigenvalue weighted by Gasteiger charge is -2.22. The number of hydrogen-bond donors (Lipinski definition) is 2. The summed E-state index contributed by atoms with van der Waals surface area (Å²) in [5.74, 6) is 0.312. The highest BCUT2D eigenvalue weighted by atomic mass is 16.8. The Morgan fingerprint density at radius 3 is 2.48 bits per heavy atom. The van der Waals surface area contributed by atoms with E-state index in [4.69, 9.17) is 19.0 Å². The average molecular weight is 306 g/mol. The van der Waals surface area contributed by atoms with Gasteiger partial charge in [0.15, 0.2) is 0 Å². The van der Waals surface area contributed by atoms with Gasteiger partial charge in [-0.15, -0.1) is 0 Å². The molecule has 0 rings (SSSR count). The number of carbonyl (C=O) groups excluding carboxylic acids is 1. The van der Waals surface area contributed by atoms with Crippen LogP contribution in [0.3, 0.4) is 0 Å². The smallest absolute Gasteiger partial charge is 0.407 e. The largest absolute Gasteiger partial charge is 0.479 e. The van der Waals surface area contributed by atoms with Crippen LogP contribution in [0.25, 0.3) is 0 Å². The zero-order valence-corrected chi connectivity index (χ0v) is 13.5. The SMILES string of the molecule is CCOC(C)=NOC(OC)C(O)CNC(=O)OC(C)(C)C. The van der Waals surface area contributed by atoms with Crippen molar-refractivity contribution < 1.29 is 28.9 Å². The first-order valence-corrected chi connectivity index (χ1v) is 6.70. The number of methoxy groups -OCH3 is 1. The Balaban J connectivity index is 4.24. The molecular formula is C13H26N2O6. The van der Waals surface area contributed by atoms with Crippen molar-refractivity contribution in [2.75, 3.05) is 20.3 Å². The number of aliphatic hydroxyl groups excluding tert-OH is 1. The van der Waals surface area contributed by atoms with Gasteiger partial charge in [0.1, 0.15) is 11.7 Å². The van der Waals surface area contributed by atoms with E-state index in [1.54, 1.807) is 27.7 Å². The minimum Gasteiger partial charge on any atom is -0.479 e. The fourth-order valence-corrected chi connectivity index (χ4v) is 1.23. The molecule has 0 saturated carbocycles. The van der Waals surface area contributed by atoms with Gasteiger partial charge < -0.3 is 29.5 Å². The molecule has 0 aromatic rings. The molecule has 0 saturated heterocycles. The lowest BCUT2D eigenvalue weighted by atomic mass is 10.2. The van der Waals surface area contributed by atoms with Crippen LogP contribution in [-0.2, 0) is 19.0 Å². The zero-order valence-electron chi connectivity index (χ0n) is 13.5. The zero-order chi connectivity index (χ0) is 16.5. The van der Waals surface area contributed by atoms with Gasteiger partial charge in [-0.1, -0.05) is 0 Å². The third-order valence-corrected chi connectivity index (χ3v) is 2.04. The lowest BCUT2D eigenvalue weighted by molar-refractivity contribution is -0.179. The van der Waals surface area contributed by atoms with Crippen LogP contribution in [0.1, 0.15) is 34.6 Å². The number of hydrogen-bond acceptors (Lipinski definition) is 7. The highest BCUT2D eigenvalue weighted by molar-refractivity contribution is 5.72. The van der Waals surface area contributed by atoms with Crippen molar-refractivity contribution in [3.63, 3.8) is 0 Å². The molecule has 0 aliphatic heterocycles. The number of carbonyl (C=O) groups is 1. The summed E-state index contributed by atoms with van der Waals surface area (Å²) in [5, 5.41) is 15.9. The number of nitrogens with zero attached hydrogens (tertiary/aromatic N) is 1. The second kappa shape index (κ2) is 9.41. The van der Waals surface area contributed by atoms with Crippen molar-refractivity contribution >= 4 is 12.0 Å². The van der Waals surface area contributed by atoms with Crippen molar-refractivity contribution in [3.05, 3.63) is 0 Å². The summed E-state index contributed by atoms with van der Waals surface area (Å²) in [5.41, 5.74) is -0.606. The van der Waals surface area contributed by atoms with Crippen LogP contribution in [0.15, 0.2) is 5.16 Å². The maximum absolute atomic E-state index is 11.5. The first-order valence-electron chi connectivity index (χ1n) is 6.70. The number of rotatable bonds is 7. The van der Waals surface area contributed by atoms with Crippen molar-refractivity contribution in [1.82, 2.24) is 5.32 Å². The number of amides is 1. The van der Waals surface area contributed by atoms with E-state index in [-0.39, 0.29) is 6.54 Å². The molecule has 0 bridgehead atoms. The van der Waals surface area contributed by atoms with Crippen LogP contribution in [0.4, 0.5) is 4.79 Å². The first-order chi connectivity index (χ1) is 9.69. The number of aliphatic hydroxyl groups is 1. The standard InChI is InChI=1S/C13H26N2O6/c1-7-19-9(2)15-21-11(18-6)10(16)8-14-12(17)20-13(3,4)5/h10-11,16H,7-8H2,1-6H3,(H,14,17). The highest BCUT2D eigenvalue weighted by Crippen LogP contribution is 2.07. The summed E-state index contributed by atoms with van der Waals surface area (Å²) in [6.07, 6.45) is -2.78. The summed E-state index contributed by atoms with van der Waals surface area (Å²) in [7, 11) is 1.35. The Morgan fingerprint density at radius 1 is 1.38 bits per heavy atom. The predicted octanol–water partition coefficient (Wildman–Crippen LogP) is 1.23.